The molecule has 2 rings (SSSR count). The smallest absolute Gasteiger partial charge is 0.267 e. The molecule has 1 aromatic rings. The Hall–Kier alpha value is -1.34. The van der Waals surface area contributed by atoms with Gasteiger partial charge in [0.05, 0.1) is 12.1 Å². The van der Waals surface area contributed by atoms with Crippen molar-refractivity contribution in [3.63, 3.8) is 0 Å². The first-order valence-electron chi connectivity index (χ1n) is 7.38. The van der Waals surface area contributed by atoms with Gasteiger partial charge in [-0.2, -0.15) is 0 Å². The van der Waals surface area contributed by atoms with E-state index in [0.29, 0.717) is 10.0 Å². The highest BCUT2D eigenvalue weighted by Gasteiger charge is 2.31. The van der Waals surface area contributed by atoms with Crippen LogP contribution >= 0.6 is 11.3 Å². The molecular weight excluding hydrogens is 288 g/mol. The molecule has 1 saturated carbocycles. The van der Waals surface area contributed by atoms with E-state index in [1.807, 2.05) is 13.8 Å². The van der Waals surface area contributed by atoms with Gasteiger partial charge in [0, 0.05) is 13.1 Å². The van der Waals surface area contributed by atoms with Gasteiger partial charge < -0.3 is 21.1 Å². The number of nitrogen functional groups attached to an aromatic ring is 1. The summed E-state index contributed by atoms with van der Waals surface area (Å²) in [6.07, 6.45) is 3.19. The largest absolute Gasteiger partial charge is 0.391 e. The fraction of sp³-hybridized carbons (Fsp3) is 0.714. The number of hydrogen-bond acceptors (Lipinski definition) is 6. The Morgan fingerprint density at radius 3 is 2.76 bits per heavy atom. The molecule has 7 heteroatoms. The highest BCUT2D eigenvalue weighted by Crippen LogP contribution is 2.29. The standard InChI is InChI=1S/C14H24N4O2S/c1-8(2)16-14-17-12(15)11(21-14)13(20)18(3)9-6-4-5-7-10(9)19/h8-10,19H,4-7,15H2,1-3H3,(H,16,17). The van der Waals surface area contributed by atoms with E-state index in [1.54, 1.807) is 11.9 Å². The van der Waals surface area contributed by atoms with E-state index in [1.165, 1.54) is 11.3 Å². The zero-order valence-corrected chi connectivity index (χ0v) is 13.6. The van der Waals surface area contributed by atoms with Gasteiger partial charge in [-0.1, -0.05) is 24.2 Å². The van der Waals surface area contributed by atoms with Crippen LogP contribution in [0.2, 0.25) is 0 Å². The summed E-state index contributed by atoms with van der Waals surface area (Å²) in [5, 5.41) is 13.9. The molecule has 0 aliphatic heterocycles. The number of carbonyl (C=O) groups is 1. The molecule has 1 heterocycles. The van der Waals surface area contributed by atoms with Crippen molar-refractivity contribution in [2.24, 2.45) is 0 Å². The van der Waals surface area contributed by atoms with Crippen LogP contribution in [-0.4, -0.2) is 46.1 Å². The first-order chi connectivity index (χ1) is 9.90. The number of aliphatic hydroxyl groups is 1. The van der Waals surface area contributed by atoms with E-state index in [-0.39, 0.29) is 23.8 Å². The van der Waals surface area contributed by atoms with Gasteiger partial charge in [0.25, 0.3) is 5.91 Å². The molecule has 0 bridgehead atoms. The van der Waals surface area contributed by atoms with Crippen molar-refractivity contribution in [2.75, 3.05) is 18.1 Å². The number of anilines is 2. The van der Waals surface area contributed by atoms with E-state index in [9.17, 15) is 9.90 Å². The van der Waals surface area contributed by atoms with Gasteiger partial charge in [0.1, 0.15) is 10.7 Å². The lowest BCUT2D eigenvalue weighted by Gasteiger charge is -2.34. The summed E-state index contributed by atoms with van der Waals surface area (Å²) >= 11 is 1.27. The highest BCUT2D eigenvalue weighted by atomic mass is 32.1. The summed E-state index contributed by atoms with van der Waals surface area (Å²) in [5.74, 6) is 0.0954. The Balaban J connectivity index is 2.13. The second kappa shape index (κ2) is 6.62. The van der Waals surface area contributed by atoms with Crippen molar-refractivity contribution in [1.29, 1.82) is 0 Å². The molecule has 0 saturated heterocycles. The van der Waals surface area contributed by atoms with E-state index in [0.717, 1.165) is 25.7 Å². The number of aromatic nitrogens is 1. The van der Waals surface area contributed by atoms with Crippen LogP contribution in [0.5, 0.6) is 0 Å². The Bertz CT molecular complexity index is 503. The lowest BCUT2D eigenvalue weighted by atomic mass is 9.91. The third kappa shape index (κ3) is 3.65. The van der Waals surface area contributed by atoms with Gasteiger partial charge in [-0.3, -0.25) is 4.79 Å². The molecule has 2 unspecified atom stereocenters. The van der Waals surface area contributed by atoms with E-state index in [2.05, 4.69) is 10.3 Å². The second-order valence-corrected chi connectivity index (χ2v) is 6.87. The van der Waals surface area contributed by atoms with E-state index in [4.69, 9.17) is 5.73 Å². The van der Waals surface area contributed by atoms with Crippen LogP contribution in [-0.2, 0) is 0 Å². The van der Waals surface area contributed by atoms with Crippen LogP contribution in [0.25, 0.3) is 0 Å². The van der Waals surface area contributed by atoms with E-state index >= 15 is 0 Å². The van der Waals surface area contributed by atoms with Crippen LogP contribution in [0.3, 0.4) is 0 Å². The molecule has 1 fully saturated rings. The molecule has 0 radical (unpaired) electrons. The average Bonchev–Trinajstić information content (AvgIpc) is 2.77. The molecule has 4 N–H and O–H groups in total. The number of aliphatic hydroxyl groups excluding tert-OH is 1. The first-order valence-corrected chi connectivity index (χ1v) is 8.20. The Morgan fingerprint density at radius 1 is 1.48 bits per heavy atom. The van der Waals surface area contributed by atoms with Gasteiger partial charge in [0.15, 0.2) is 5.13 Å². The molecule has 2 atom stereocenters. The lowest BCUT2D eigenvalue weighted by molar-refractivity contribution is 0.0271. The number of nitrogens with zero attached hydrogens (tertiary/aromatic N) is 2. The van der Waals surface area contributed by atoms with Crippen molar-refractivity contribution >= 4 is 28.2 Å². The summed E-state index contributed by atoms with van der Waals surface area (Å²) in [6, 6.07) is 0.102. The number of carbonyl (C=O) groups excluding carboxylic acids is 1. The van der Waals surface area contributed by atoms with Crippen LogP contribution < -0.4 is 11.1 Å². The van der Waals surface area contributed by atoms with Crippen molar-refractivity contribution in [1.82, 2.24) is 9.88 Å². The second-order valence-electron chi connectivity index (χ2n) is 5.87. The fourth-order valence-electron chi connectivity index (χ4n) is 2.65. The molecule has 118 valence electrons. The number of thiazole rings is 1. The molecule has 1 aliphatic carbocycles. The third-order valence-electron chi connectivity index (χ3n) is 3.77. The van der Waals surface area contributed by atoms with Crippen molar-refractivity contribution < 1.29 is 9.90 Å². The number of hydrogen-bond donors (Lipinski definition) is 3. The van der Waals surface area contributed by atoms with Crippen LogP contribution in [0, 0.1) is 0 Å². The quantitative estimate of drug-likeness (QED) is 0.790. The Labute approximate surface area is 129 Å². The van der Waals surface area contributed by atoms with Crippen molar-refractivity contribution in [3.05, 3.63) is 4.88 Å². The number of nitrogens with two attached hydrogens (primary N) is 1. The minimum atomic E-state index is -0.449. The number of rotatable bonds is 4. The minimum Gasteiger partial charge on any atom is -0.391 e. The van der Waals surface area contributed by atoms with Gasteiger partial charge in [-0.15, -0.1) is 0 Å². The van der Waals surface area contributed by atoms with Crippen LogP contribution in [0.4, 0.5) is 10.9 Å². The molecule has 1 amide bonds. The fourth-order valence-corrected chi connectivity index (χ4v) is 3.66. The van der Waals surface area contributed by atoms with Gasteiger partial charge in [0.2, 0.25) is 0 Å². The van der Waals surface area contributed by atoms with Gasteiger partial charge in [-0.05, 0) is 26.7 Å². The molecule has 6 nitrogen and oxygen atoms in total. The normalized spacial score (nSPS) is 22.3. The van der Waals surface area contributed by atoms with Crippen LogP contribution in [0.1, 0.15) is 49.2 Å². The number of nitrogens with one attached hydrogen (secondary N) is 1. The van der Waals surface area contributed by atoms with E-state index < -0.39 is 6.10 Å². The molecule has 0 spiro atoms. The summed E-state index contributed by atoms with van der Waals surface area (Å²) < 4.78 is 0. The van der Waals surface area contributed by atoms with Gasteiger partial charge in [-0.25, -0.2) is 4.98 Å². The number of likely N-dealkylation sites (N-methyl/N-ethyl adjacent to an activating group) is 1. The molecular formula is C14H24N4O2S. The van der Waals surface area contributed by atoms with Crippen LogP contribution in [0.15, 0.2) is 0 Å². The maximum Gasteiger partial charge on any atom is 0.267 e. The zero-order valence-electron chi connectivity index (χ0n) is 12.8. The van der Waals surface area contributed by atoms with Crippen molar-refractivity contribution in [2.45, 2.75) is 57.7 Å². The van der Waals surface area contributed by atoms with Gasteiger partial charge >= 0.3 is 0 Å². The maximum absolute atomic E-state index is 12.6. The predicted octanol–water partition coefficient (Wildman–Crippen LogP) is 1.92. The summed E-state index contributed by atoms with van der Waals surface area (Å²) in [7, 11) is 1.73. The third-order valence-corrected chi connectivity index (χ3v) is 4.76. The summed E-state index contributed by atoms with van der Waals surface area (Å²) in [4.78, 5) is 18.8. The maximum atomic E-state index is 12.6. The summed E-state index contributed by atoms with van der Waals surface area (Å²) in [6.45, 7) is 4.01. The monoisotopic (exact) mass is 312 g/mol. The van der Waals surface area contributed by atoms with Crippen molar-refractivity contribution in [3.8, 4) is 0 Å². The average molecular weight is 312 g/mol. The SMILES string of the molecule is CC(C)Nc1nc(N)c(C(=O)N(C)C2CCCCC2O)s1. The first kappa shape index (κ1) is 16.0. The lowest BCUT2D eigenvalue weighted by Crippen LogP contribution is -2.46. The zero-order chi connectivity index (χ0) is 15.6. The molecule has 1 aromatic heterocycles. The number of amides is 1. The Morgan fingerprint density at radius 2 is 2.14 bits per heavy atom. The minimum absolute atomic E-state index is 0.130. The molecule has 21 heavy (non-hydrogen) atoms. The molecule has 0 aromatic carbocycles. The topological polar surface area (TPSA) is 91.5 Å². The summed E-state index contributed by atoms with van der Waals surface area (Å²) in [5.41, 5.74) is 5.87. The highest BCUT2D eigenvalue weighted by molar-refractivity contribution is 7.18. The predicted molar refractivity (Wildman–Crippen MR) is 85.6 cm³/mol. The molecule has 1 aliphatic rings. The Kier molecular flexibility index (Phi) is 5.05.